The molecular formula is C18H22F2N2O2. The Morgan fingerprint density at radius 3 is 2.42 bits per heavy atom. The lowest BCUT2D eigenvalue weighted by atomic mass is 9.96. The predicted octanol–water partition coefficient (Wildman–Crippen LogP) is 2.51. The van der Waals surface area contributed by atoms with E-state index in [1.54, 1.807) is 14.0 Å². The zero-order chi connectivity index (χ0) is 17.7. The van der Waals surface area contributed by atoms with Crippen molar-refractivity contribution in [1.82, 2.24) is 5.32 Å². The summed E-state index contributed by atoms with van der Waals surface area (Å²) in [6, 6.07) is 9.32. The molecule has 0 aliphatic carbocycles. The molecule has 2 aromatic carbocycles. The smallest absolute Gasteiger partial charge is 0.126 e. The van der Waals surface area contributed by atoms with Gasteiger partial charge < -0.3 is 20.9 Å². The Bertz CT molecular complexity index is 660. The quantitative estimate of drug-likeness (QED) is 0.727. The van der Waals surface area contributed by atoms with Crippen molar-refractivity contribution in [1.29, 1.82) is 0 Å². The summed E-state index contributed by atoms with van der Waals surface area (Å²) in [6.45, 7) is 1.95. The number of hydrogen-bond acceptors (Lipinski definition) is 4. The van der Waals surface area contributed by atoms with E-state index >= 15 is 0 Å². The van der Waals surface area contributed by atoms with E-state index < -0.39 is 29.8 Å². The number of methoxy groups -OCH3 is 1. The van der Waals surface area contributed by atoms with Crippen molar-refractivity contribution in [2.75, 3.05) is 7.11 Å². The molecule has 0 aromatic heterocycles. The first-order valence-corrected chi connectivity index (χ1v) is 7.66. The van der Waals surface area contributed by atoms with Crippen LogP contribution in [0.2, 0.25) is 0 Å². The van der Waals surface area contributed by atoms with Gasteiger partial charge in [0, 0.05) is 18.7 Å². The molecule has 130 valence electrons. The number of aliphatic hydroxyl groups excluding tert-OH is 1. The fraction of sp³-hybridized carbons (Fsp3) is 0.333. The summed E-state index contributed by atoms with van der Waals surface area (Å²) in [5, 5.41) is 13.0. The molecule has 0 heterocycles. The minimum atomic E-state index is -0.848. The molecule has 2 aromatic rings. The summed E-state index contributed by atoms with van der Waals surface area (Å²) in [5.74, 6) is -0.658. The van der Waals surface area contributed by atoms with Crippen LogP contribution in [0.3, 0.4) is 0 Å². The normalized spacial score (nSPS) is 14.9. The van der Waals surface area contributed by atoms with E-state index in [-0.39, 0.29) is 0 Å². The summed E-state index contributed by atoms with van der Waals surface area (Å²) in [5.41, 5.74) is 7.31. The standard InChI is InChI=1S/C18H22F2N2O2/c1-11(23)17(21)18(13-7-14(19)9-15(20)8-13)22-10-12-4-3-5-16(6-12)24-2/h3-9,11,17-18,22-23H,10,21H2,1-2H3/t11-,17-,18?/m1/s1. The molecule has 24 heavy (non-hydrogen) atoms. The minimum Gasteiger partial charge on any atom is -0.497 e. The van der Waals surface area contributed by atoms with E-state index in [2.05, 4.69) is 5.32 Å². The van der Waals surface area contributed by atoms with Crippen LogP contribution in [0.25, 0.3) is 0 Å². The van der Waals surface area contributed by atoms with Gasteiger partial charge in [-0.1, -0.05) is 12.1 Å². The average molecular weight is 336 g/mol. The topological polar surface area (TPSA) is 67.5 Å². The summed E-state index contributed by atoms with van der Waals surface area (Å²) >= 11 is 0. The molecule has 0 radical (unpaired) electrons. The molecule has 0 fully saturated rings. The molecule has 0 saturated heterocycles. The molecule has 0 bridgehead atoms. The highest BCUT2D eigenvalue weighted by molar-refractivity contribution is 5.29. The number of hydrogen-bond donors (Lipinski definition) is 3. The second kappa shape index (κ2) is 8.19. The van der Waals surface area contributed by atoms with Crippen molar-refractivity contribution >= 4 is 0 Å². The van der Waals surface area contributed by atoms with Gasteiger partial charge in [-0.25, -0.2) is 8.78 Å². The third kappa shape index (κ3) is 4.74. The van der Waals surface area contributed by atoms with Gasteiger partial charge in [0.1, 0.15) is 17.4 Å². The highest BCUT2D eigenvalue weighted by Gasteiger charge is 2.24. The summed E-state index contributed by atoms with van der Waals surface area (Å²) in [7, 11) is 1.58. The second-order valence-corrected chi connectivity index (χ2v) is 5.73. The number of nitrogens with two attached hydrogens (primary N) is 1. The lowest BCUT2D eigenvalue weighted by molar-refractivity contribution is 0.142. The molecular weight excluding hydrogens is 314 g/mol. The molecule has 3 atom stereocenters. The molecule has 0 aliphatic rings. The average Bonchev–Trinajstić information content (AvgIpc) is 2.54. The molecule has 0 aliphatic heterocycles. The van der Waals surface area contributed by atoms with Gasteiger partial charge in [-0.15, -0.1) is 0 Å². The van der Waals surface area contributed by atoms with Crippen molar-refractivity contribution in [2.24, 2.45) is 5.73 Å². The Balaban J connectivity index is 2.23. The van der Waals surface area contributed by atoms with E-state index in [1.165, 1.54) is 12.1 Å². The number of ether oxygens (including phenoxy) is 1. The van der Waals surface area contributed by atoms with Crippen LogP contribution in [0.1, 0.15) is 24.1 Å². The van der Waals surface area contributed by atoms with Gasteiger partial charge in [-0.2, -0.15) is 0 Å². The van der Waals surface area contributed by atoms with Crippen LogP contribution < -0.4 is 15.8 Å². The lowest BCUT2D eigenvalue weighted by Gasteiger charge is -2.28. The lowest BCUT2D eigenvalue weighted by Crippen LogP contribution is -2.44. The third-order valence-corrected chi connectivity index (χ3v) is 3.85. The first kappa shape index (κ1) is 18.3. The predicted molar refractivity (Wildman–Crippen MR) is 88.6 cm³/mol. The van der Waals surface area contributed by atoms with Gasteiger partial charge in [0.15, 0.2) is 0 Å². The number of nitrogens with one attached hydrogen (secondary N) is 1. The number of aliphatic hydroxyl groups is 1. The van der Waals surface area contributed by atoms with Crippen LogP contribution in [0.5, 0.6) is 5.75 Å². The van der Waals surface area contributed by atoms with E-state index in [1.807, 2.05) is 24.3 Å². The maximum atomic E-state index is 13.5. The monoisotopic (exact) mass is 336 g/mol. The van der Waals surface area contributed by atoms with Crippen molar-refractivity contribution < 1.29 is 18.6 Å². The molecule has 0 spiro atoms. The Hall–Kier alpha value is -2.02. The largest absolute Gasteiger partial charge is 0.497 e. The van der Waals surface area contributed by atoms with Gasteiger partial charge in [0.05, 0.1) is 19.3 Å². The molecule has 0 saturated carbocycles. The maximum Gasteiger partial charge on any atom is 0.126 e. The Kier molecular flexibility index (Phi) is 6.25. The van der Waals surface area contributed by atoms with Crippen molar-refractivity contribution in [3.63, 3.8) is 0 Å². The van der Waals surface area contributed by atoms with Gasteiger partial charge in [0.25, 0.3) is 0 Å². The van der Waals surface area contributed by atoms with Gasteiger partial charge >= 0.3 is 0 Å². The van der Waals surface area contributed by atoms with Gasteiger partial charge in [-0.05, 0) is 42.3 Å². The zero-order valence-corrected chi connectivity index (χ0v) is 13.7. The fourth-order valence-electron chi connectivity index (χ4n) is 2.52. The first-order valence-electron chi connectivity index (χ1n) is 7.66. The first-order chi connectivity index (χ1) is 11.4. The van der Waals surface area contributed by atoms with E-state index in [4.69, 9.17) is 10.5 Å². The van der Waals surface area contributed by atoms with Gasteiger partial charge in [-0.3, -0.25) is 0 Å². The summed E-state index contributed by atoms with van der Waals surface area (Å²) in [6.07, 6.45) is -0.848. The van der Waals surface area contributed by atoms with Crippen LogP contribution in [-0.2, 0) is 6.54 Å². The van der Waals surface area contributed by atoms with Crippen LogP contribution in [0.15, 0.2) is 42.5 Å². The van der Waals surface area contributed by atoms with Crippen LogP contribution in [-0.4, -0.2) is 24.4 Å². The molecule has 6 heteroatoms. The number of rotatable bonds is 7. The third-order valence-electron chi connectivity index (χ3n) is 3.85. The van der Waals surface area contributed by atoms with Crippen molar-refractivity contribution in [3.05, 3.63) is 65.2 Å². The van der Waals surface area contributed by atoms with Crippen molar-refractivity contribution in [3.8, 4) is 5.75 Å². The Labute approximate surface area is 140 Å². The Morgan fingerprint density at radius 2 is 1.83 bits per heavy atom. The molecule has 0 amide bonds. The van der Waals surface area contributed by atoms with E-state index in [0.29, 0.717) is 17.9 Å². The SMILES string of the molecule is COc1cccc(CNC(c2cc(F)cc(F)c2)[C@H](N)[C@@H](C)O)c1. The molecule has 4 N–H and O–H groups in total. The summed E-state index contributed by atoms with van der Waals surface area (Å²) in [4.78, 5) is 0. The van der Waals surface area contributed by atoms with E-state index in [9.17, 15) is 13.9 Å². The second-order valence-electron chi connectivity index (χ2n) is 5.73. The van der Waals surface area contributed by atoms with Crippen LogP contribution in [0.4, 0.5) is 8.78 Å². The highest BCUT2D eigenvalue weighted by Crippen LogP contribution is 2.22. The van der Waals surface area contributed by atoms with Crippen LogP contribution in [0, 0.1) is 11.6 Å². The maximum absolute atomic E-state index is 13.5. The fourth-order valence-corrected chi connectivity index (χ4v) is 2.52. The highest BCUT2D eigenvalue weighted by atomic mass is 19.1. The van der Waals surface area contributed by atoms with Crippen molar-refractivity contribution in [2.45, 2.75) is 31.7 Å². The molecule has 1 unspecified atom stereocenters. The van der Waals surface area contributed by atoms with Crippen LogP contribution >= 0.6 is 0 Å². The Morgan fingerprint density at radius 1 is 1.17 bits per heavy atom. The number of benzene rings is 2. The molecule has 2 rings (SSSR count). The zero-order valence-electron chi connectivity index (χ0n) is 13.7. The summed E-state index contributed by atoms with van der Waals surface area (Å²) < 4.78 is 32.2. The van der Waals surface area contributed by atoms with E-state index in [0.717, 1.165) is 11.6 Å². The van der Waals surface area contributed by atoms with Gasteiger partial charge in [0.2, 0.25) is 0 Å². The molecule has 4 nitrogen and oxygen atoms in total. The minimum absolute atomic E-state index is 0.351. The number of halogens is 2.